The number of nitrogens with zero attached hydrogens (tertiary/aromatic N) is 2. The van der Waals surface area contributed by atoms with E-state index in [1.807, 2.05) is 43.3 Å². The van der Waals surface area contributed by atoms with Crippen LogP contribution in [0.4, 0.5) is 0 Å². The average Bonchev–Trinajstić information content (AvgIpc) is 2.95. The molecule has 2 aromatic carbocycles. The van der Waals surface area contributed by atoms with Crippen molar-refractivity contribution in [2.24, 2.45) is 10.6 Å². The summed E-state index contributed by atoms with van der Waals surface area (Å²) < 4.78 is 28.7. The molecule has 1 heterocycles. The Bertz CT molecular complexity index is 1100. The number of hydrogen-bond acceptors (Lipinski definition) is 5. The van der Waals surface area contributed by atoms with Gasteiger partial charge in [-0.3, -0.25) is 0 Å². The van der Waals surface area contributed by atoms with Gasteiger partial charge >= 0.3 is 0 Å². The molecule has 0 amide bonds. The predicted molar refractivity (Wildman–Crippen MR) is 102 cm³/mol. The Labute approximate surface area is 158 Å². The van der Waals surface area contributed by atoms with E-state index in [0.717, 1.165) is 16.7 Å². The van der Waals surface area contributed by atoms with Crippen LogP contribution >= 0.6 is 0 Å². The molecule has 1 aromatic heterocycles. The molecule has 7 heteroatoms. The SMILES string of the molecule is Cc1cc(S(N)(=O)=O)ccc1[C@H]1C(c2nc(-c3ccccc3)no2)C1(C)C. The molecule has 140 valence electrons. The first-order valence-electron chi connectivity index (χ1n) is 8.72. The molecule has 0 bridgehead atoms. The van der Waals surface area contributed by atoms with E-state index in [4.69, 9.17) is 9.66 Å². The van der Waals surface area contributed by atoms with E-state index in [2.05, 4.69) is 24.0 Å². The van der Waals surface area contributed by atoms with E-state index in [1.54, 1.807) is 12.1 Å². The zero-order valence-corrected chi connectivity index (χ0v) is 16.2. The Morgan fingerprint density at radius 2 is 1.78 bits per heavy atom. The van der Waals surface area contributed by atoms with Gasteiger partial charge in [0.15, 0.2) is 0 Å². The normalized spacial score (nSPS) is 21.2. The molecule has 3 aromatic rings. The molecule has 0 aliphatic heterocycles. The topological polar surface area (TPSA) is 99.1 Å². The molecule has 1 aliphatic rings. The minimum Gasteiger partial charge on any atom is -0.339 e. The third kappa shape index (κ3) is 3.07. The summed E-state index contributed by atoms with van der Waals surface area (Å²) in [7, 11) is -3.71. The van der Waals surface area contributed by atoms with Gasteiger partial charge in [0.2, 0.25) is 21.7 Å². The van der Waals surface area contributed by atoms with Crippen LogP contribution in [-0.4, -0.2) is 18.6 Å². The van der Waals surface area contributed by atoms with Gasteiger partial charge in [-0.1, -0.05) is 55.4 Å². The van der Waals surface area contributed by atoms with Crippen molar-refractivity contribution in [2.45, 2.75) is 37.5 Å². The highest BCUT2D eigenvalue weighted by Gasteiger charge is 2.62. The number of hydrogen-bond donors (Lipinski definition) is 1. The van der Waals surface area contributed by atoms with Crippen LogP contribution in [0.1, 0.15) is 42.7 Å². The minimum absolute atomic E-state index is 0.0612. The summed E-state index contributed by atoms with van der Waals surface area (Å²) in [5.41, 5.74) is 2.83. The maximum Gasteiger partial charge on any atom is 0.238 e. The zero-order valence-electron chi connectivity index (χ0n) is 15.4. The van der Waals surface area contributed by atoms with Gasteiger partial charge < -0.3 is 4.52 Å². The molecule has 1 saturated carbocycles. The minimum atomic E-state index is -3.71. The lowest BCUT2D eigenvalue weighted by Crippen LogP contribution is -2.12. The number of aromatic nitrogens is 2. The second kappa shape index (κ2) is 6.00. The van der Waals surface area contributed by atoms with Crippen molar-refractivity contribution < 1.29 is 12.9 Å². The van der Waals surface area contributed by atoms with Crippen molar-refractivity contribution >= 4 is 10.0 Å². The quantitative estimate of drug-likeness (QED) is 0.742. The Morgan fingerprint density at radius 3 is 2.41 bits per heavy atom. The first-order valence-corrected chi connectivity index (χ1v) is 10.3. The van der Waals surface area contributed by atoms with Crippen LogP contribution in [-0.2, 0) is 10.0 Å². The first-order chi connectivity index (χ1) is 12.7. The molecule has 1 unspecified atom stereocenters. The Balaban J connectivity index is 1.66. The van der Waals surface area contributed by atoms with Crippen molar-refractivity contribution in [3.05, 3.63) is 65.5 Å². The van der Waals surface area contributed by atoms with Crippen LogP contribution in [0.5, 0.6) is 0 Å². The van der Waals surface area contributed by atoms with Gasteiger partial charge in [0.25, 0.3) is 0 Å². The fourth-order valence-electron chi connectivity index (χ4n) is 3.92. The molecule has 1 aliphatic carbocycles. The molecule has 0 saturated heterocycles. The maximum absolute atomic E-state index is 11.6. The number of aryl methyl sites for hydroxylation is 1. The Morgan fingerprint density at radius 1 is 1.07 bits per heavy atom. The van der Waals surface area contributed by atoms with E-state index in [1.165, 1.54) is 0 Å². The molecular formula is C20H21N3O3S. The molecule has 27 heavy (non-hydrogen) atoms. The summed E-state index contributed by atoms with van der Waals surface area (Å²) in [6.07, 6.45) is 0. The van der Waals surface area contributed by atoms with Gasteiger partial charge in [-0.25, -0.2) is 13.6 Å². The maximum atomic E-state index is 11.6. The molecular weight excluding hydrogens is 362 g/mol. The Kier molecular flexibility index (Phi) is 3.98. The first kappa shape index (κ1) is 17.9. The van der Waals surface area contributed by atoms with Crippen LogP contribution in [0.2, 0.25) is 0 Å². The van der Waals surface area contributed by atoms with Crippen molar-refractivity contribution in [1.29, 1.82) is 0 Å². The third-order valence-electron chi connectivity index (χ3n) is 5.47. The van der Waals surface area contributed by atoms with Gasteiger partial charge in [-0.05, 0) is 35.6 Å². The standard InChI is InChI=1S/C20H21N3O3S/c1-12-11-14(27(21,24)25)9-10-15(12)16-17(20(16,2)3)19-22-18(23-26-19)13-7-5-4-6-8-13/h4-11,16-17H,1-3H3,(H2,21,24,25)/t16-,17?/m0/s1. The lowest BCUT2D eigenvalue weighted by Gasteiger charge is -2.08. The van der Waals surface area contributed by atoms with Crippen LogP contribution in [0.15, 0.2) is 57.9 Å². The van der Waals surface area contributed by atoms with E-state index in [9.17, 15) is 8.42 Å². The molecule has 2 N–H and O–H groups in total. The molecule has 1 fully saturated rings. The highest BCUT2D eigenvalue weighted by Crippen LogP contribution is 2.70. The predicted octanol–water partition coefficient (Wildman–Crippen LogP) is 3.60. The summed E-state index contributed by atoms with van der Waals surface area (Å²) in [6.45, 7) is 6.21. The molecule has 0 spiro atoms. The monoisotopic (exact) mass is 383 g/mol. The zero-order chi connectivity index (χ0) is 19.4. The van der Waals surface area contributed by atoms with E-state index in [-0.39, 0.29) is 22.1 Å². The van der Waals surface area contributed by atoms with E-state index >= 15 is 0 Å². The third-order valence-corrected chi connectivity index (χ3v) is 6.38. The highest BCUT2D eigenvalue weighted by molar-refractivity contribution is 7.89. The van der Waals surface area contributed by atoms with E-state index in [0.29, 0.717) is 11.7 Å². The van der Waals surface area contributed by atoms with Gasteiger partial charge in [-0.15, -0.1) is 0 Å². The van der Waals surface area contributed by atoms with Gasteiger partial charge in [0.1, 0.15) is 0 Å². The van der Waals surface area contributed by atoms with Crippen molar-refractivity contribution in [3.63, 3.8) is 0 Å². The van der Waals surface area contributed by atoms with Crippen LogP contribution < -0.4 is 5.14 Å². The summed E-state index contributed by atoms with van der Waals surface area (Å²) in [5.74, 6) is 1.45. The second-order valence-electron chi connectivity index (χ2n) is 7.66. The van der Waals surface area contributed by atoms with Gasteiger partial charge in [0, 0.05) is 11.5 Å². The van der Waals surface area contributed by atoms with Crippen molar-refractivity contribution in [3.8, 4) is 11.4 Å². The van der Waals surface area contributed by atoms with Gasteiger partial charge in [0.05, 0.1) is 10.8 Å². The van der Waals surface area contributed by atoms with Crippen LogP contribution in [0.25, 0.3) is 11.4 Å². The van der Waals surface area contributed by atoms with Crippen LogP contribution in [0.3, 0.4) is 0 Å². The van der Waals surface area contributed by atoms with Crippen molar-refractivity contribution in [1.82, 2.24) is 10.1 Å². The van der Waals surface area contributed by atoms with Crippen molar-refractivity contribution in [2.75, 3.05) is 0 Å². The second-order valence-corrected chi connectivity index (χ2v) is 9.22. The lowest BCUT2D eigenvalue weighted by atomic mass is 9.99. The number of primary sulfonamides is 1. The molecule has 6 nitrogen and oxygen atoms in total. The molecule has 2 atom stereocenters. The average molecular weight is 383 g/mol. The largest absolute Gasteiger partial charge is 0.339 e. The summed E-state index contributed by atoms with van der Waals surface area (Å²) in [6, 6.07) is 14.7. The van der Waals surface area contributed by atoms with E-state index < -0.39 is 10.0 Å². The van der Waals surface area contributed by atoms with Gasteiger partial charge in [-0.2, -0.15) is 4.98 Å². The fourth-order valence-corrected chi connectivity index (χ4v) is 4.52. The Hall–Kier alpha value is -2.51. The number of sulfonamides is 1. The highest BCUT2D eigenvalue weighted by atomic mass is 32.2. The summed E-state index contributed by atoms with van der Waals surface area (Å²) in [5, 5.41) is 9.36. The number of nitrogens with two attached hydrogens (primary N) is 1. The number of benzene rings is 2. The van der Waals surface area contributed by atoms with Crippen LogP contribution in [0, 0.1) is 12.3 Å². The fraction of sp³-hybridized carbons (Fsp3) is 0.300. The summed E-state index contributed by atoms with van der Waals surface area (Å²) in [4.78, 5) is 4.73. The molecule has 4 rings (SSSR count). The lowest BCUT2D eigenvalue weighted by molar-refractivity contribution is 0.368. The molecule has 0 radical (unpaired) electrons. The number of rotatable bonds is 4. The smallest absolute Gasteiger partial charge is 0.238 e. The summed E-state index contributed by atoms with van der Waals surface area (Å²) >= 11 is 0.